The molecule has 0 saturated heterocycles. The van der Waals surface area contributed by atoms with Gasteiger partial charge in [-0.05, 0) is 18.1 Å². The molecule has 1 aliphatic carbocycles. The topological polar surface area (TPSA) is 20.2 Å². The zero-order chi connectivity index (χ0) is 8.27. The van der Waals surface area contributed by atoms with Gasteiger partial charge in [0.1, 0.15) is 0 Å². The van der Waals surface area contributed by atoms with Crippen LogP contribution < -0.4 is 0 Å². The van der Waals surface area contributed by atoms with Gasteiger partial charge in [0.2, 0.25) is 0 Å². The smallest absolute Gasteiger partial charge is 0.0658 e. The fourth-order valence-corrected chi connectivity index (χ4v) is 2.90. The minimum absolute atomic E-state index is 0.0313. The maximum absolute atomic E-state index is 9.60. The molecule has 1 nitrogen and oxygen atoms in total. The molecule has 66 valence electrons. The number of hydrogen-bond donors (Lipinski definition) is 1. The average Bonchev–Trinajstić information content (AvgIpc) is 1.93. The standard InChI is InChI=1S/C9H18OS/c1-7(2)11-9-6-4-3-5-8(9)10/h7-10H,3-6H2,1-2H3/t8-,9+/m1/s1. The molecule has 1 saturated carbocycles. The van der Waals surface area contributed by atoms with Crippen molar-refractivity contribution in [3.05, 3.63) is 0 Å². The summed E-state index contributed by atoms with van der Waals surface area (Å²) in [6, 6.07) is 0. The van der Waals surface area contributed by atoms with Crippen molar-refractivity contribution in [1.82, 2.24) is 0 Å². The van der Waals surface area contributed by atoms with E-state index in [2.05, 4.69) is 13.8 Å². The summed E-state index contributed by atoms with van der Waals surface area (Å²) in [5.74, 6) is 0. The van der Waals surface area contributed by atoms with Crippen molar-refractivity contribution in [2.45, 2.75) is 56.1 Å². The summed E-state index contributed by atoms with van der Waals surface area (Å²) in [6.07, 6.45) is 4.72. The number of hydrogen-bond acceptors (Lipinski definition) is 2. The minimum Gasteiger partial charge on any atom is -0.392 e. The first kappa shape index (κ1) is 9.40. The molecule has 1 N–H and O–H groups in total. The summed E-state index contributed by atoms with van der Waals surface area (Å²) in [4.78, 5) is 0. The molecule has 0 spiro atoms. The Morgan fingerprint density at radius 3 is 2.45 bits per heavy atom. The average molecular weight is 174 g/mol. The summed E-state index contributed by atoms with van der Waals surface area (Å²) < 4.78 is 0. The molecule has 2 atom stereocenters. The van der Waals surface area contributed by atoms with Crippen LogP contribution in [-0.2, 0) is 0 Å². The third kappa shape index (κ3) is 3.04. The zero-order valence-electron chi connectivity index (χ0n) is 7.42. The first-order chi connectivity index (χ1) is 5.20. The summed E-state index contributed by atoms with van der Waals surface area (Å²) in [7, 11) is 0. The Hall–Kier alpha value is 0.310. The first-order valence-electron chi connectivity index (χ1n) is 4.53. The van der Waals surface area contributed by atoms with Gasteiger partial charge in [-0.25, -0.2) is 0 Å². The molecular weight excluding hydrogens is 156 g/mol. The van der Waals surface area contributed by atoms with Gasteiger partial charge in [0.25, 0.3) is 0 Å². The van der Waals surface area contributed by atoms with Crippen LogP contribution in [0.5, 0.6) is 0 Å². The maximum atomic E-state index is 9.60. The molecule has 0 aromatic heterocycles. The lowest BCUT2D eigenvalue weighted by Crippen LogP contribution is -2.27. The molecule has 0 unspecified atom stereocenters. The van der Waals surface area contributed by atoms with Crippen molar-refractivity contribution in [3.8, 4) is 0 Å². The number of aliphatic hydroxyl groups excluding tert-OH is 1. The molecule has 1 aliphatic rings. The Bertz CT molecular complexity index is 114. The lowest BCUT2D eigenvalue weighted by atomic mass is 9.97. The highest BCUT2D eigenvalue weighted by Gasteiger charge is 2.23. The van der Waals surface area contributed by atoms with E-state index in [-0.39, 0.29) is 6.10 Å². The lowest BCUT2D eigenvalue weighted by Gasteiger charge is -2.28. The van der Waals surface area contributed by atoms with Crippen LogP contribution in [0.25, 0.3) is 0 Å². The van der Waals surface area contributed by atoms with Crippen molar-refractivity contribution in [1.29, 1.82) is 0 Å². The Balaban J connectivity index is 2.29. The highest BCUT2D eigenvalue weighted by Crippen LogP contribution is 2.30. The Labute approximate surface area is 73.6 Å². The van der Waals surface area contributed by atoms with Crippen LogP contribution in [0.2, 0.25) is 0 Å². The fraction of sp³-hybridized carbons (Fsp3) is 1.00. The Morgan fingerprint density at radius 1 is 1.27 bits per heavy atom. The molecule has 0 aromatic carbocycles. The third-order valence-corrected chi connectivity index (χ3v) is 3.56. The monoisotopic (exact) mass is 174 g/mol. The second-order valence-corrected chi connectivity index (χ2v) is 5.40. The van der Waals surface area contributed by atoms with Gasteiger partial charge in [-0.2, -0.15) is 11.8 Å². The van der Waals surface area contributed by atoms with Gasteiger partial charge in [-0.15, -0.1) is 0 Å². The van der Waals surface area contributed by atoms with E-state index < -0.39 is 0 Å². The van der Waals surface area contributed by atoms with Crippen LogP contribution in [0, 0.1) is 0 Å². The van der Waals surface area contributed by atoms with Crippen LogP contribution in [0.1, 0.15) is 39.5 Å². The molecule has 0 aliphatic heterocycles. The summed E-state index contributed by atoms with van der Waals surface area (Å²) in [5, 5.41) is 10.8. The normalized spacial score (nSPS) is 32.7. The van der Waals surface area contributed by atoms with Crippen LogP contribution in [-0.4, -0.2) is 21.7 Å². The van der Waals surface area contributed by atoms with Crippen LogP contribution in [0.4, 0.5) is 0 Å². The third-order valence-electron chi connectivity index (χ3n) is 2.11. The lowest BCUT2D eigenvalue weighted by molar-refractivity contribution is 0.137. The Kier molecular flexibility index (Phi) is 3.73. The molecule has 1 fully saturated rings. The summed E-state index contributed by atoms with van der Waals surface area (Å²) in [6.45, 7) is 4.40. The van der Waals surface area contributed by atoms with E-state index in [9.17, 15) is 5.11 Å². The van der Waals surface area contributed by atoms with Gasteiger partial charge in [0, 0.05) is 5.25 Å². The molecule has 0 heterocycles. The molecule has 0 bridgehead atoms. The maximum Gasteiger partial charge on any atom is 0.0658 e. The van der Waals surface area contributed by atoms with Crippen molar-refractivity contribution in [2.75, 3.05) is 0 Å². The highest BCUT2D eigenvalue weighted by molar-refractivity contribution is 8.00. The van der Waals surface area contributed by atoms with Gasteiger partial charge in [0.15, 0.2) is 0 Å². The van der Waals surface area contributed by atoms with E-state index in [1.54, 1.807) is 0 Å². The first-order valence-corrected chi connectivity index (χ1v) is 5.48. The van der Waals surface area contributed by atoms with Crippen LogP contribution in [0.3, 0.4) is 0 Å². The van der Waals surface area contributed by atoms with Gasteiger partial charge in [-0.3, -0.25) is 0 Å². The summed E-state index contributed by atoms with van der Waals surface area (Å²) in [5.41, 5.74) is 0. The van der Waals surface area contributed by atoms with Crippen LogP contribution in [0.15, 0.2) is 0 Å². The van der Waals surface area contributed by atoms with Crippen molar-refractivity contribution < 1.29 is 5.11 Å². The fourth-order valence-electron chi connectivity index (χ4n) is 1.59. The second kappa shape index (κ2) is 4.36. The van der Waals surface area contributed by atoms with Gasteiger partial charge in [-0.1, -0.05) is 26.7 Å². The van der Waals surface area contributed by atoms with Crippen LogP contribution >= 0.6 is 11.8 Å². The van der Waals surface area contributed by atoms with Gasteiger partial charge in [0.05, 0.1) is 6.10 Å². The zero-order valence-corrected chi connectivity index (χ0v) is 8.23. The van der Waals surface area contributed by atoms with E-state index in [4.69, 9.17) is 0 Å². The molecule has 0 radical (unpaired) electrons. The second-order valence-electron chi connectivity index (χ2n) is 3.58. The predicted octanol–water partition coefficient (Wildman–Crippen LogP) is 2.43. The van der Waals surface area contributed by atoms with Gasteiger partial charge < -0.3 is 5.11 Å². The number of thioether (sulfide) groups is 1. The Morgan fingerprint density at radius 2 is 1.91 bits per heavy atom. The van der Waals surface area contributed by atoms with E-state index in [0.717, 1.165) is 6.42 Å². The summed E-state index contributed by atoms with van der Waals surface area (Å²) >= 11 is 1.93. The molecule has 0 amide bonds. The number of rotatable bonds is 2. The van der Waals surface area contributed by atoms with E-state index in [1.165, 1.54) is 19.3 Å². The highest BCUT2D eigenvalue weighted by atomic mass is 32.2. The van der Waals surface area contributed by atoms with E-state index >= 15 is 0 Å². The molecule has 1 rings (SSSR count). The predicted molar refractivity (Wildman–Crippen MR) is 51.0 cm³/mol. The van der Waals surface area contributed by atoms with Crippen molar-refractivity contribution in [3.63, 3.8) is 0 Å². The van der Waals surface area contributed by atoms with Gasteiger partial charge >= 0.3 is 0 Å². The SMILES string of the molecule is CC(C)S[C@H]1CCCC[C@H]1O. The van der Waals surface area contributed by atoms with Crippen molar-refractivity contribution >= 4 is 11.8 Å². The van der Waals surface area contributed by atoms with E-state index in [0.29, 0.717) is 10.5 Å². The molecular formula is C9H18OS. The largest absolute Gasteiger partial charge is 0.392 e. The quantitative estimate of drug-likeness (QED) is 0.694. The molecule has 2 heteroatoms. The molecule has 11 heavy (non-hydrogen) atoms. The molecule has 0 aromatic rings. The van der Waals surface area contributed by atoms with Crippen molar-refractivity contribution in [2.24, 2.45) is 0 Å². The van der Waals surface area contributed by atoms with E-state index in [1.807, 2.05) is 11.8 Å². The number of aliphatic hydroxyl groups is 1. The minimum atomic E-state index is -0.0313.